The number of carbonyl (C=O) groups is 1. The lowest BCUT2D eigenvalue weighted by atomic mass is 10.2. The molecule has 1 atom stereocenters. The minimum absolute atomic E-state index is 0.184. The van der Waals surface area contributed by atoms with Gasteiger partial charge in [0.15, 0.2) is 17.4 Å². The van der Waals surface area contributed by atoms with E-state index in [1.54, 1.807) is 12.3 Å². The number of rotatable bonds is 5. The molecule has 1 rings (SSSR count). The Morgan fingerprint density at radius 2 is 2.00 bits per heavy atom. The van der Waals surface area contributed by atoms with E-state index in [0.717, 1.165) is 12.1 Å². The van der Waals surface area contributed by atoms with E-state index in [-0.39, 0.29) is 12.2 Å². The molecule has 0 bridgehead atoms. The molecular weight excluding hydrogens is 246 g/mol. The van der Waals surface area contributed by atoms with E-state index in [1.807, 2.05) is 0 Å². The Bertz CT molecular complexity index is 417. The predicted octanol–water partition coefficient (Wildman–Crippen LogP) is 0.982. The highest BCUT2D eigenvalue weighted by Gasteiger charge is 2.17. The van der Waals surface area contributed by atoms with Crippen LogP contribution < -0.4 is 16.0 Å². The van der Waals surface area contributed by atoms with Gasteiger partial charge in [0.1, 0.15) is 6.10 Å². The molecule has 0 aliphatic heterocycles. The Kier molecular flexibility index (Phi) is 4.99. The second kappa shape index (κ2) is 6.27. The van der Waals surface area contributed by atoms with Crippen molar-refractivity contribution in [2.75, 3.05) is 13.7 Å². The largest absolute Gasteiger partial charge is 0.482 e. The molecule has 0 saturated carbocycles. The van der Waals surface area contributed by atoms with Crippen LogP contribution in [-0.2, 0) is 4.74 Å². The number of methoxy groups -OCH3 is 1. The molecule has 0 radical (unpaired) electrons. The Morgan fingerprint density at radius 1 is 1.44 bits per heavy atom. The number of amides is 1. The first kappa shape index (κ1) is 14.3. The maximum Gasteiger partial charge on any atom is 0.265 e. The summed E-state index contributed by atoms with van der Waals surface area (Å²) in [5.41, 5.74) is 1.56. The molecule has 7 heteroatoms. The number of nitrogen functional groups attached to an aromatic ring is 1. The van der Waals surface area contributed by atoms with Crippen LogP contribution in [0.15, 0.2) is 12.1 Å². The summed E-state index contributed by atoms with van der Waals surface area (Å²) in [4.78, 5) is 11.1. The number of halogens is 2. The lowest BCUT2D eigenvalue weighted by Crippen LogP contribution is -2.30. The quantitative estimate of drug-likeness (QED) is 0.470. The van der Waals surface area contributed by atoms with Gasteiger partial charge in [0, 0.05) is 12.7 Å². The van der Waals surface area contributed by atoms with Crippen molar-refractivity contribution in [3.63, 3.8) is 0 Å². The molecule has 1 aromatic carbocycles. The number of hydrogen-bond acceptors (Lipinski definition) is 4. The van der Waals surface area contributed by atoms with Crippen LogP contribution in [0, 0.1) is 11.6 Å². The third-order valence-electron chi connectivity index (χ3n) is 2.11. The van der Waals surface area contributed by atoms with Gasteiger partial charge >= 0.3 is 0 Å². The fourth-order valence-corrected chi connectivity index (χ4v) is 1.36. The van der Waals surface area contributed by atoms with Crippen LogP contribution in [0.3, 0.4) is 0 Å². The summed E-state index contributed by atoms with van der Waals surface area (Å²) in [5, 5.41) is 0. The highest BCUT2D eigenvalue weighted by atomic mass is 19.1. The highest BCUT2D eigenvalue weighted by Crippen LogP contribution is 2.24. The fraction of sp³-hybridized carbons (Fsp3) is 0.364. The van der Waals surface area contributed by atoms with Gasteiger partial charge in [-0.3, -0.25) is 10.2 Å². The molecule has 100 valence electrons. The van der Waals surface area contributed by atoms with Gasteiger partial charge in [-0.05, 0) is 19.1 Å². The average Bonchev–Trinajstić information content (AvgIpc) is 2.32. The summed E-state index contributed by atoms with van der Waals surface area (Å²) in [6.45, 7) is 1.78. The predicted molar refractivity (Wildman–Crippen MR) is 60.0 cm³/mol. The summed E-state index contributed by atoms with van der Waals surface area (Å²) in [7, 11) is 1.45. The van der Waals surface area contributed by atoms with Crippen molar-refractivity contribution in [1.29, 1.82) is 0 Å². The number of hydrazine groups is 1. The van der Waals surface area contributed by atoms with Crippen molar-refractivity contribution in [3.8, 4) is 5.75 Å². The molecule has 0 aliphatic carbocycles. The van der Waals surface area contributed by atoms with Crippen molar-refractivity contribution < 1.29 is 23.0 Å². The summed E-state index contributed by atoms with van der Waals surface area (Å²) in [5.74, 6) is 1.58. The monoisotopic (exact) mass is 260 g/mol. The molecular formula is C11H14F2N2O3. The Hall–Kier alpha value is -1.73. The number of ether oxygens (including phenoxy) is 2. The second-order valence-electron chi connectivity index (χ2n) is 3.63. The fourth-order valence-electron chi connectivity index (χ4n) is 1.36. The first-order chi connectivity index (χ1) is 8.49. The zero-order valence-corrected chi connectivity index (χ0v) is 10.00. The molecule has 18 heavy (non-hydrogen) atoms. The zero-order chi connectivity index (χ0) is 13.7. The molecule has 3 N–H and O–H groups in total. The maximum atomic E-state index is 13.6. The van der Waals surface area contributed by atoms with Crippen LogP contribution in [0.4, 0.5) is 8.78 Å². The van der Waals surface area contributed by atoms with Crippen molar-refractivity contribution in [2.45, 2.75) is 13.0 Å². The lowest BCUT2D eigenvalue weighted by molar-refractivity contribution is 0.0860. The first-order valence-corrected chi connectivity index (χ1v) is 5.15. The van der Waals surface area contributed by atoms with Crippen LogP contribution in [0.25, 0.3) is 0 Å². The van der Waals surface area contributed by atoms with Crippen LogP contribution >= 0.6 is 0 Å². The van der Waals surface area contributed by atoms with E-state index in [9.17, 15) is 13.6 Å². The molecule has 1 unspecified atom stereocenters. The van der Waals surface area contributed by atoms with E-state index < -0.39 is 29.4 Å². The number of carbonyl (C=O) groups excluding carboxylic acids is 1. The topological polar surface area (TPSA) is 73.6 Å². The van der Waals surface area contributed by atoms with Crippen molar-refractivity contribution in [2.24, 2.45) is 5.84 Å². The van der Waals surface area contributed by atoms with Gasteiger partial charge in [-0.25, -0.2) is 14.6 Å². The van der Waals surface area contributed by atoms with Crippen molar-refractivity contribution >= 4 is 5.91 Å². The number of nitrogens with one attached hydrogen (secondary N) is 1. The third-order valence-corrected chi connectivity index (χ3v) is 2.11. The molecule has 0 fully saturated rings. The molecule has 0 saturated heterocycles. The van der Waals surface area contributed by atoms with Gasteiger partial charge in [-0.1, -0.05) is 0 Å². The van der Waals surface area contributed by atoms with Gasteiger partial charge in [0.05, 0.1) is 6.61 Å². The second-order valence-corrected chi connectivity index (χ2v) is 3.63. The average molecular weight is 260 g/mol. The van der Waals surface area contributed by atoms with E-state index >= 15 is 0 Å². The Morgan fingerprint density at radius 3 is 2.44 bits per heavy atom. The number of hydrogen-bond donors (Lipinski definition) is 2. The molecule has 0 aliphatic rings. The number of benzene rings is 1. The summed E-state index contributed by atoms with van der Waals surface area (Å²) < 4.78 is 37.0. The van der Waals surface area contributed by atoms with E-state index in [4.69, 9.17) is 15.3 Å². The first-order valence-electron chi connectivity index (χ1n) is 5.15. The van der Waals surface area contributed by atoms with Gasteiger partial charge in [0.25, 0.3) is 5.91 Å². The Balaban J connectivity index is 2.97. The van der Waals surface area contributed by atoms with Gasteiger partial charge in [-0.15, -0.1) is 0 Å². The minimum atomic E-state index is -0.975. The van der Waals surface area contributed by atoms with Crippen LogP contribution in [0.5, 0.6) is 5.75 Å². The maximum absolute atomic E-state index is 13.6. The van der Waals surface area contributed by atoms with Crippen LogP contribution in [0.2, 0.25) is 0 Å². The molecule has 1 amide bonds. The van der Waals surface area contributed by atoms with Crippen molar-refractivity contribution in [3.05, 3.63) is 29.3 Å². The Labute approximate surface area is 103 Å². The minimum Gasteiger partial charge on any atom is -0.482 e. The van der Waals surface area contributed by atoms with Crippen LogP contribution in [-0.4, -0.2) is 25.7 Å². The van der Waals surface area contributed by atoms with Gasteiger partial charge < -0.3 is 9.47 Å². The van der Waals surface area contributed by atoms with E-state index in [2.05, 4.69) is 0 Å². The van der Waals surface area contributed by atoms with Gasteiger partial charge in [-0.2, -0.15) is 0 Å². The third kappa shape index (κ3) is 3.38. The highest BCUT2D eigenvalue weighted by molar-refractivity contribution is 5.93. The summed E-state index contributed by atoms with van der Waals surface area (Å²) in [6.07, 6.45) is -0.520. The SMILES string of the molecule is COCC(C)Oc1c(F)cc(C(=O)NN)cc1F. The molecule has 5 nitrogen and oxygen atoms in total. The molecule has 0 heterocycles. The smallest absolute Gasteiger partial charge is 0.265 e. The lowest BCUT2D eigenvalue weighted by Gasteiger charge is -2.15. The molecule has 1 aromatic rings. The van der Waals surface area contributed by atoms with E-state index in [0.29, 0.717) is 0 Å². The summed E-state index contributed by atoms with van der Waals surface area (Å²) in [6, 6.07) is 1.69. The van der Waals surface area contributed by atoms with Gasteiger partial charge in [0.2, 0.25) is 0 Å². The van der Waals surface area contributed by atoms with E-state index in [1.165, 1.54) is 7.11 Å². The number of nitrogens with two attached hydrogens (primary N) is 1. The zero-order valence-electron chi connectivity index (χ0n) is 10.00. The molecule has 0 aromatic heterocycles. The van der Waals surface area contributed by atoms with Crippen LogP contribution in [0.1, 0.15) is 17.3 Å². The summed E-state index contributed by atoms with van der Waals surface area (Å²) >= 11 is 0. The normalized spacial score (nSPS) is 12.1. The standard InChI is InChI=1S/C11H14F2N2O3/c1-6(5-17-2)18-10-8(12)3-7(4-9(10)13)11(16)15-14/h3-4,6H,5,14H2,1-2H3,(H,15,16). The van der Waals surface area contributed by atoms with Crippen molar-refractivity contribution in [1.82, 2.24) is 5.43 Å². The molecule has 0 spiro atoms.